The van der Waals surface area contributed by atoms with Crippen molar-refractivity contribution in [2.75, 3.05) is 33.3 Å². The lowest BCUT2D eigenvalue weighted by molar-refractivity contribution is 0.0118. The van der Waals surface area contributed by atoms with Crippen LogP contribution in [-0.4, -0.2) is 57.8 Å². The third-order valence-electron chi connectivity index (χ3n) is 3.56. The lowest BCUT2D eigenvalue weighted by Gasteiger charge is -2.20. The van der Waals surface area contributed by atoms with E-state index >= 15 is 0 Å². The number of nitrogens with one attached hydrogen (secondary N) is 1. The maximum absolute atomic E-state index is 13.2. The lowest BCUT2D eigenvalue weighted by Crippen LogP contribution is -2.41. The summed E-state index contributed by atoms with van der Waals surface area (Å²) in [6, 6.07) is 3.73. The van der Waals surface area contributed by atoms with E-state index in [9.17, 15) is 22.0 Å². The fourth-order valence-corrected chi connectivity index (χ4v) is 3.60. The molecule has 0 radical (unpaired) electrons. The number of hydrogen-bond donors (Lipinski definition) is 2. The molecule has 1 rings (SSSR count). The van der Waals surface area contributed by atoms with E-state index in [-0.39, 0.29) is 41.7 Å². The SMILES string of the molecule is CCN(CC)S(=O)(=O)c1ccc(OC)c(C(=O)NCC(F)(F)CN)c1.Cl. The quantitative estimate of drug-likeness (QED) is 0.636. The van der Waals surface area contributed by atoms with Crippen LogP contribution in [-0.2, 0) is 10.0 Å². The molecule has 0 aliphatic rings. The number of carbonyl (C=O) groups is 1. The van der Waals surface area contributed by atoms with E-state index in [0.717, 1.165) is 6.07 Å². The van der Waals surface area contributed by atoms with Gasteiger partial charge in [0.15, 0.2) is 0 Å². The van der Waals surface area contributed by atoms with Gasteiger partial charge in [-0.15, -0.1) is 12.4 Å². The number of nitrogens with zero attached hydrogens (tertiary/aromatic N) is 1. The molecule has 0 aromatic heterocycles. The van der Waals surface area contributed by atoms with Gasteiger partial charge in [0, 0.05) is 13.1 Å². The Labute approximate surface area is 158 Å². The Kier molecular flexibility index (Phi) is 9.43. The largest absolute Gasteiger partial charge is 0.496 e. The van der Waals surface area contributed by atoms with Crippen molar-refractivity contribution in [3.8, 4) is 5.75 Å². The Morgan fingerprint density at radius 3 is 2.35 bits per heavy atom. The molecular formula is C15H24ClF2N3O4S. The summed E-state index contributed by atoms with van der Waals surface area (Å²) in [5, 5.41) is 2.04. The molecule has 0 saturated heterocycles. The van der Waals surface area contributed by atoms with Crippen LogP contribution in [0.4, 0.5) is 8.78 Å². The fourth-order valence-electron chi connectivity index (χ4n) is 2.11. The smallest absolute Gasteiger partial charge is 0.277 e. The molecule has 150 valence electrons. The van der Waals surface area contributed by atoms with E-state index in [4.69, 9.17) is 10.5 Å². The van der Waals surface area contributed by atoms with Crippen LogP contribution in [0.15, 0.2) is 23.1 Å². The first-order valence-electron chi connectivity index (χ1n) is 7.67. The van der Waals surface area contributed by atoms with Gasteiger partial charge in [0.05, 0.1) is 30.7 Å². The summed E-state index contributed by atoms with van der Waals surface area (Å²) in [6.07, 6.45) is 0. The fraction of sp³-hybridized carbons (Fsp3) is 0.533. The zero-order valence-electron chi connectivity index (χ0n) is 14.8. The molecule has 0 aliphatic heterocycles. The van der Waals surface area contributed by atoms with Crippen molar-refractivity contribution in [2.45, 2.75) is 24.7 Å². The van der Waals surface area contributed by atoms with E-state index in [2.05, 4.69) is 0 Å². The van der Waals surface area contributed by atoms with Crippen molar-refractivity contribution >= 4 is 28.3 Å². The molecule has 0 spiro atoms. The van der Waals surface area contributed by atoms with Crippen molar-refractivity contribution < 1.29 is 26.7 Å². The van der Waals surface area contributed by atoms with Crippen LogP contribution in [0.2, 0.25) is 0 Å². The third-order valence-corrected chi connectivity index (χ3v) is 5.61. The maximum Gasteiger partial charge on any atom is 0.277 e. The highest BCUT2D eigenvalue weighted by Gasteiger charge is 2.29. The summed E-state index contributed by atoms with van der Waals surface area (Å²) in [6.45, 7) is 2.02. The van der Waals surface area contributed by atoms with Crippen LogP contribution in [0.3, 0.4) is 0 Å². The van der Waals surface area contributed by atoms with Gasteiger partial charge in [-0.05, 0) is 18.2 Å². The Morgan fingerprint density at radius 2 is 1.88 bits per heavy atom. The van der Waals surface area contributed by atoms with Crippen molar-refractivity contribution in [3.05, 3.63) is 23.8 Å². The number of ether oxygens (including phenoxy) is 1. The summed E-state index contributed by atoms with van der Waals surface area (Å²) in [7, 11) is -2.51. The maximum atomic E-state index is 13.2. The molecule has 0 fully saturated rings. The molecule has 1 aromatic carbocycles. The molecule has 0 unspecified atom stereocenters. The van der Waals surface area contributed by atoms with E-state index in [1.807, 2.05) is 5.32 Å². The predicted molar refractivity (Wildman–Crippen MR) is 96.7 cm³/mol. The summed E-state index contributed by atoms with van der Waals surface area (Å²) in [5.41, 5.74) is 4.77. The van der Waals surface area contributed by atoms with E-state index in [1.54, 1.807) is 13.8 Å². The molecule has 1 amide bonds. The van der Waals surface area contributed by atoms with Gasteiger partial charge in [-0.1, -0.05) is 13.8 Å². The van der Waals surface area contributed by atoms with Crippen LogP contribution in [0.25, 0.3) is 0 Å². The van der Waals surface area contributed by atoms with Gasteiger partial charge in [-0.3, -0.25) is 4.79 Å². The average Bonchev–Trinajstić information content (AvgIpc) is 2.59. The highest BCUT2D eigenvalue weighted by Crippen LogP contribution is 2.25. The number of alkyl halides is 2. The third kappa shape index (κ3) is 5.76. The second-order valence-corrected chi connectivity index (χ2v) is 7.13. The molecular weight excluding hydrogens is 392 g/mol. The first-order chi connectivity index (χ1) is 11.6. The second-order valence-electron chi connectivity index (χ2n) is 5.19. The molecule has 3 N–H and O–H groups in total. The zero-order valence-corrected chi connectivity index (χ0v) is 16.4. The van der Waals surface area contributed by atoms with Gasteiger partial charge in [0.1, 0.15) is 5.75 Å². The van der Waals surface area contributed by atoms with Crippen molar-refractivity contribution in [3.63, 3.8) is 0 Å². The topological polar surface area (TPSA) is 102 Å². The molecule has 0 saturated carbocycles. The summed E-state index contributed by atoms with van der Waals surface area (Å²) in [4.78, 5) is 12.1. The van der Waals surface area contributed by atoms with Gasteiger partial charge in [0.2, 0.25) is 10.0 Å². The lowest BCUT2D eigenvalue weighted by atomic mass is 10.2. The van der Waals surface area contributed by atoms with E-state index < -0.39 is 34.9 Å². The first kappa shape index (κ1) is 24.5. The number of hydrogen-bond acceptors (Lipinski definition) is 5. The van der Waals surface area contributed by atoms with E-state index in [0.29, 0.717) is 0 Å². The minimum Gasteiger partial charge on any atom is -0.496 e. The zero-order chi connectivity index (χ0) is 19.3. The Bertz CT molecular complexity index is 713. The summed E-state index contributed by atoms with van der Waals surface area (Å²) in [5.74, 6) is -4.05. The summed E-state index contributed by atoms with van der Waals surface area (Å²) >= 11 is 0. The van der Waals surface area contributed by atoms with Crippen molar-refractivity contribution in [1.29, 1.82) is 0 Å². The molecule has 0 aliphatic carbocycles. The molecule has 26 heavy (non-hydrogen) atoms. The van der Waals surface area contributed by atoms with Gasteiger partial charge in [0.25, 0.3) is 11.8 Å². The number of benzene rings is 1. The second kappa shape index (κ2) is 10.0. The normalized spacial score (nSPS) is 11.8. The number of nitrogens with two attached hydrogens (primary N) is 1. The number of halogens is 3. The Balaban J connectivity index is 0.00000625. The summed E-state index contributed by atoms with van der Waals surface area (Å²) < 4.78 is 57.8. The van der Waals surface area contributed by atoms with Gasteiger partial charge < -0.3 is 15.8 Å². The number of carbonyl (C=O) groups excluding carboxylic acids is 1. The van der Waals surface area contributed by atoms with Gasteiger partial charge in [-0.2, -0.15) is 4.31 Å². The highest BCUT2D eigenvalue weighted by molar-refractivity contribution is 7.89. The minimum absolute atomic E-state index is 0. The number of rotatable bonds is 9. The van der Waals surface area contributed by atoms with Crippen LogP contribution in [0, 0.1) is 0 Å². The standard InChI is InChI=1S/C15H23F2N3O4S.ClH/c1-4-20(5-2)25(22,23)11-6-7-13(24-3)12(8-11)14(21)19-10-15(16,17)9-18;/h6-8H,4-5,9-10,18H2,1-3H3,(H,19,21);1H. The van der Waals surface area contributed by atoms with E-state index in [1.165, 1.54) is 23.5 Å². The number of sulfonamides is 1. The van der Waals surface area contributed by atoms with Gasteiger partial charge in [-0.25, -0.2) is 17.2 Å². The Hall–Kier alpha value is -1.49. The highest BCUT2D eigenvalue weighted by atomic mass is 35.5. The molecule has 0 heterocycles. The molecule has 1 aromatic rings. The number of methoxy groups -OCH3 is 1. The van der Waals surface area contributed by atoms with Crippen LogP contribution in [0.1, 0.15) is 24.2 Å². The van der Waals surface area contributed by atoms with Crippen LogP contribution in [0.5, 0.6) is 5.75 Å². The van der Waals surface area contributed by atoms with Crippen molar-refractivity contribution in [1.82, 2.24) is 9.62 Å². The molecule has 0 bridgehead atoms. The predicted octanol–water partition coefficient (Wildman–Crippen LogP) is 1.47. The minimum atomic E-state index is -3.80. The number of amides is 1. The molecule has 7 nitrogen and oxygen atoms in total. The Morgan fingerprint density at radius 1 is 1.31 bits per heavy atom. The monoisotopic (exact) mass is 415 g/mol. The van der Waals surface area contributed by atoms with Gasteiger partial charge >= 0.3 is 0 Å². The average molecular weight is 416 g/mol. The van der Waals surface area contributed by atoms with Crippen molar-refractivity contribution in [2.24, 2.45) is 5.73 Å². The van der Waals surface area contributed by atoms with Crippen LogP contribution < -0.4 is 15.8 Å². The first-order valence-corrected chi connectivity index (χ1v) is 9.11. The molecule has 0 atom stereocenters. The van der Waals surface area contributed by atoms with Crippen LogP contribution >= 0.6 is 12.4 Å². The molecule has 11 heteroatoms.